The molecule has 16 heteroatoms. The van der Waals surface area contributed by atoms with Gasteiger partial charge in [-0.3, -0.25) is 14.4 Å². The zero-order chi connectivity index (χ0) is 30.2. The molecular formula is C26H34Cl2N7O5PS. The van der Waals surface area contributed by atoms with Crippen LogP contribution in [0.1, 0.15) is 33.4 Å². The van der Waals surface area contributed by atoms with E-state index in [4.69, 9.17) is 41.7 Å². The van der Waals surface area contributed by atoms with Crippen LogP contribution in [-0.4, -0.2) is 64.2 Å². The molecule has 0 aliphatic carbocycles. The molecule has 5 unspecified atom stereocenters. The minimum atomic E-state index is -1.75. The summed E-state index contributed by atoms with van der Waals surface area (Å²) < 4.78 is 25.9. The monoisotopic (exact) mass is 657 g/mol. The Balaban J connectivity index is 1.42. The number of halogens is 2. The van der Waals surface area contributed by atoms with Crippen LogP contribution in [0.3, 0.4) is 0 Å². The molecule has 4 rings (SSSR count). The van der Waals surface area contributed by atoms with Gasteiger partial charge >= 0.3 is 14.5 Å². The van der Waals surface area contributed by atoms with Crippen molar-refractivity contribution >= 4 is 66.6 Å². The molecule has 0 amide bonds. The van der Waals surface area contributed by atoms with E-state index >= 15 is 0 Å². The van der Waals surface area contributed by atoms with Gasteiger partial charge in [-0.25, -0.2) is 20.0 Å². The molecule has 0 saturated carbocycles. The molecule has 12 nitrogen and oxygen atoms in total. The van der Waals surface area contributed by atoms with Crippen LogP contribution in [0.25, 0.3) is 11.2 Å². The van der Waals surface area contributed by atoms with Crippen LogP contribution in [0.5, 0.6) is 5.75 Å². The number of imidazole rings is 1. The third kappa shape index (κ3) is 8.45. The molecule has 0 bridgehead atoms. The highest BCUT2D eigenvalue weighted by molar-refractivity contribution is 7.96. The summed E-state index contributed by atoms with van der Waals surface area (Å²) >= 11 is 13.2. The molecule has 2 aromatic heterocycles. The number of carbonyl (C=O) groups is 1. The smallest absolute Gasteiger partial charge is 0.323 e. The number of hydrazine groups is 1. The second kappa shape index (κ2) is 15.5. The Bertz CT molecular complexity index is 1370. The van der Waals surface area contributed by atoms with Crippen LogP contribution in [0.2, 0.25) is 5.02 Å². The van der Waals surface area contributed by atoms with E-state index in [1.807, 2.05) is 17.9 Å². The van der Waals surface area contributed by atoms with Crippen LogP contribution < -0.4 is 19.5 Å². The Hall–Kier alpha value is -2.22. The number of nitrogens with one attached hydrogen (secondary N) is 2. The Morgan fingerprint density at radius 3 is 2.81 bits per heavy atom. The lowest BCUT2D eigenvalue weighted by Gasteiger charge is -2.23. The maximum atomic E-state index is 12.6. The van der Waals surface area contributed by atoms with Crippen molar-refractivity contribution in [2.24, 2.45) is 5.92 Å². The van der Waals surface area contributed by atoms with Crippen molar-refractivity contribution < 1.29 is 23.3 Å². The molecule has 1 fully saturated rings. The number of rotatable bonds is 14. The van der Waals surface area contributed by atoms with E-state index < -0.39 is 20.5 Å². The second-order valence-electron chi connectivity index (χ2n) is 9.75. The average Bonchev–Trinajstić information content (AvgIpc) is 3.58. The summed E-state index contributed by atoms with van der Waals surface area (Å²) in [6.45, 7) is 5.90. The quantitative estimate of drug-likeness (QED) is 0.0969. The number of hydrogen-bond acceptors (Lipinski definition) is 12. The molecule has 2 N–H and O–H groups in total. The van der Waals surface area contributed by atoms with Crippen LogP contribution in [0, 0.1) is 5.92 Å². The highest BCUT2D eigenvalue weighted by Crippen LogP contribution is 2.41. The van der Waals surface area contributed by atoms with Crippen molar-refractivity contribution in [1.82, 2.24) is 29.4 Å². The van der Waals surface area contributed by atoms with E-state index in [2.05, 4.69) is 31.8 Å². The molecule has 0 spiro atoms. The van der Waals surface area contributed by atoms with Crippen molar-refractivity contribution in [3.63, 3.8) is 0 Å². The third-order valence-corrected chi connectivity index (χ3v) is 8.71. The van der Waals surface area contributed by atoms with Gasteiger partial charge in [0.1, 0.15) is 31.0 Å². The van der Waals surface area contributed by atoms with Gasteiger partial charge in [0.2, 0.25) is 0 Å². The zero-order valence-electron chi connectivity index (χ0n) is 23.9. The number of fused-ring (bicyclic) bond motifs is 1. The maximum absolute atomic E-state index is 12.6. The van der Waals surface area contributed by atoms with Gasteiger partial charge in [0, 0.05) is 23.5 Å². The number of anilines is 1. The summed E-state index contributed by atoms with van der Waals surface area (Å²) in [5.41, 5.74) is 3.45. The molecule has 5 atom stereocenters. The normalized spacial score (nSPS) is 20.5. The predicted molar refractivity (Wildman–Crippen MR) is 166 cm³/mol. The fourth-order valence-corrected chi connectivity index (χ4v) is 5.97. The number of ether oxygens (including phenoxy) is 2. The zero-order valence-corrected chi connectivity index (χ0v) is 27.1. The standard InChI is InChI=1S/C26H34Cl2N7O5PS/c1-16(11-27)12-37-26(36)18(3)32-41(40-20-8-6-19(28)7-9-20)38-13-21-10-17(2)25(39-21)35-15-31-22-23(34(4)33-42-5)29-14-30-24(22)35/h6-9,11,14-15,17-18,21,25,32-33H,10,12-13H2,1-5H3/b16-11-. The van der Waals surface area contributed by atoms with E-state index in [0.717, 1.165) is 12.0 Å². The summed E-state index contributed by atoms with van der Waals surface area (Å²) in [4.78, 5) is 29.1. The van der Waals surface area contributed by atoms with Gasteiger partial charge < -0.3 is 18.5 Å². The SMILES string of the molecule is CSNN(C)c1ncnc2c1ncn2C1OC(COP(NC(C)C(=O)OC/C(C)=C\Cl)Oc2ccc(Cl)cc2)CC1C. The van der Waals surface area contributed by atoms with Gasteiger partial charge in [-0.1, -0.05) is 42.1 Å². The van der Waals surface area contributed by atoms with E-state index in [0.29, 0.717) is 27.8 Å². The van der Waals surface area contributed by atoms with E-state index in [1.165, 1.54) is 23.8 Å². The van der Waals surface area contributed by atoms with Crippen LogP contribution in [0.15, 0.2) is 48.0 Å². The number of hydrogen-bond donors (Lipinski definition) is 2. The van der Waals surface area contributed by atoms with Crippen LogP contribution in [0.4, 0.5) is 5.82 Å². The van der Waals surface area contributed by atoms with Crippen LogP contribution in [-0.2, 0) is 18.8 Å². The molecule has 3 aromatic rings. The van der Waals surface area contributed by atoms with E-state index in [-0.39, 0.29) is 31.5 Å². The van der Waals surface area contributed by atoms with Crippen molar-refractivity contribution in [1.29, 1.82) is 0 Å². The predicted octanol–water partition coefficient (Wildman–Crippen LogP) is 5.61. The van der Waals surface area contributed by atoms with Gasteiger partial charge in [-0.15, -0.1) is 0 Å². The summed E-state index contributed by atoms with van der Waals surface area (Å²) in [7, 11) is 0.121. The first kappa shape index (κ1) is 32.7. The first-order chi connectivity index (χ1) is 20.2. The largest absolute Gasteiger partial charge is 0.460 e. The van der Waals surface area contributed by atoms with Crippen molar-refractivity contribution in [2.75, 3.05) is 31.5 Å². The molecule has 1 aromatic carbocycles. The van der Waals surface area contributed by atoms with Gasteiger partial charge in [0.25, 0.3) is 0 Å². The minimum absolute atomic E-state index is 0.0973. The van der Waals surface area contributed by atoms with Crippen molar-refractivity contribution in [2.45, 2.75) is 45.6 Å². The molecule has 228 valence electrons. The topological polar surface area (TPSA) is 125 Å². The lowest BCUT2D eigenvalue weighted by Crippen LogP contribution is -2.34. The Morgan fingerprint density at radius 2 is 2.10 bits per heavy atom. The third-order valence-electron chi connectivity index (χ3n) is 6.27. The Labute approximate surface area is 260 Å². The van der Waals surface area contributed by atoms with Gasteiger partial charge in [0.15, 0.2) is 17.0 Å². The fourth-order valence-electron chi connectivity index (χ4n) is 4.20. The molecule has 1 aliphatic heterocycles. The molecule has 1 saturated heterocycles. The highest BCUT2D eigenvalue weighted by Gasteiger charge is 2.36. The first-order valence-electron chi connectivity index (χ1n) is 13.1. The fraction of sp³-hybridized carbons (Fsp3) is 0.462. The van der Waals surface area contributed by atoms with Crippen molar-refractivity contribution in [3.05, 3.63) is 53.1 Å². The Morgan fingerprint density at radius 1 is 1.33 bits per heavy atom. The number of esters is 1. The summed E-state index contributed by atoms with van der Waals surface area (Å²) in [6, 6.07) is 6.20. The van der Waals surface area contributed by atoms with Gasteiger partial charge in [-0.2, -0.15) is 4.83 Å². The lowest BCUT2D eigenvalue weighted by molar-refractivity contribution is -0.144. The molecule has 42 heavy (non-hydrogen) atoms. The number of aromatic nitrogens is 4. The molecule has 3 heterocycles. The number of carbonyl (C=O) groups excluding carboxylic acids is 1. The van der Waals surface area contributed by atoms with Crippen LogP contribution >= 0.6 is 43.7 Å². The Kier molecular flexibility index (Phi) is 12.1. The number of benzene rings is 1. The highest BCUT2D eigenvalue weighted by atomic mass is 35.5. The van der Waals surface area contributed by atoms with Gasteiger partial charge in [-0.05, 0) is 56.4 Å². The molecular weight excluding hydrogens is 624 g/mol. The van der Waals surface area contributed by atoms with Crippen molar-refractivity contribution in [3.8, 4) is 5.75 Å². The molecule has 0 radical (unpaired) electrons. The summed E-state index contributed by atoms with van der Waals surface area (Å²) in [5, 5.41) is 5.48. The number of nitrogens with zero attached hydrogens (tertiary/aromatic N) is 5. The van der Waals surface area contributed by atoms with E-state index in [9.17, 15) is 4.79 Å². The second-order valence-corrected chi connectivity index (χ2v) is 12.2. The molecule has 1 aliphatic rings. The minimum Gasteiger partial charge on any atom is -0.460 e. The maximum Gasteiger partial charge on any atom is 0.323 e. The lowest BCUT2D eigenvalue weighted by atomic mass is 10.1. The summed E-state index contributed by atoms with van der Waals surface area (Å²) in [5.74, 6) is 0.900. The van der Waals surface area contributed by atoms with E-state index in [1.54, 1.807) is 49.4 Å². The average molecular weight is 659 g/mol. The summed E-state index contributed by atoms with van der Waals surface area (Å²) in [6.07, 6.45) is 5.38. The van der Waals surface area contributed by atoms with Gasteiger partial charge in [0.05, 0.1) is 19.0 Å². The first-order valence-corrected chi connectivity index (χ1v) is 16.3.